The maximum Gasteiger partial charge on any atom is 0.0800 e. The molecule has 0 aromatic carbocycles. The molecule has 3 atom stereocenters. The van der Waals surface area contributed by atoms with Gasteiger partial charge < -0.3 is 10.4 Å². The fourth-order valence-corrected chi connectivity index (χ4v) is 2.76. The lowest BCUT2D eigenvalue weighted by Gasteiger charge is -2.39. The molecule has 0 aromatic heterocycles. The predicted octanol–water partition coefficient (Wildman–Crippen LogP) is 1.93. The van der Waals surface area contributed by atoms with Gasteiger partial charge in [-0.1, -0.05) is 13.3 Å². The van der Waals surface area contributed by atoms with Gasteiger partial charge in [0.1, 0.15) is 0 Å². The van der Waals surface area contributed by atoms with Gasteiger partial charge in [0.05, 0.1) is 5.60 Å². The number of aliphatic hydroxyl groups is 1. The summed E-state index contributed by atoms with van der Waals surface area (Å²) in [5, 5.41) is 13.9. The lowest BCUT2D eigenvalue weighted by Crippen LogP contribution is -2.54. The molecule has 2 N–H and O–H groups in total. The van der Waals surface area contributed by atoms with E-state index >= 15 is 0 Å². The van der Waals surface area contributed by atoms with Crippen molar-refractivity contribution in [2.24, 2.45) is 11.8 Å². The van der Waals surface area contributed by atoms with Crippen LogP contribution >= 0.6 is 0 Å². The summed E-state index contributed by atoms with van der Waals surface area (Å²) >= 11 is 0. The van der Waals surface area contributed by atoms with E-state index in [2.05, 4.69) is 12.2 Å². The summed E-state index contributed by atoms with van der Waals surface area (Å²) in [5.74, 6) is 1.39. The largest absolute Gasteiger partial charge is 0.388 e. The Balaban J connectivity index is 1.95. The summed E-state index contributed by atoms with van der Waals surface area (Å²) in [4.78, 5) is 0. The first-order valence-electron chi connectivity index (χ1n) is 6.10. The Kier molecular flexibility index (Phi) is 2.85. The van der Waals surface area contributed by atoms with E-state index < -0.39 is 5.60 Å². The van der Waals surface area contributed by atoms with Crippen LogP contribution in [0.5, 0.6) is 0 Å². The number of rotatable bonds is 3. The zero-order chi connectivity index (χ0) is 10.2. The predicted molar refractivity (Wildman–Crippen MR) is 58.2 cm³/mol. The first-order valence-corrected chi connectivity index (χ1v) is 6.10. The maximum absolute atomic E-state index is 10.4. The van der Waals surface area contributed by atoms with Crippen LogP contribution < -0.4 is 5.32 Å². The standard InChI is InChI=1S/C12H23NO/c1-3-9-6-7-13-11(8-9)12(2,14)10-4-5-10/h9-11,13-14H,3-8H2,1-2H3. The van der Waals surface area contributed by atoms with Crippen molar-refractivity contribution in [1.82, 2.24) is 5.32 Å². The Labute approximate surface area is 87.1 Å². The molecular formula is C12H23NO. The van der Waals surface area contributed by atoms with Crippen LogP contribution in [0.4, 0.5) is 0 Å². The molecule has 1 aliphatic heterocycles. The Morgan fingerprint density at radius 1 is 1.36 bits per heavy atom. The number of piperidine rings is 1. The Bertz CT molecular complexity index is 198. The van der Waals surface area contributed by atoms with Gasteiger partial charge in [0.2, 0.25) is 0 Å². The third kappa shape index (κ3) is 1.96. The highest BCUT2D eigenvalue weighted by molar-refractivity contribution is 5.01. The van der Waals surface area contributed by atoms with Crippen molar-refractivity contribution in [3.63, 3.8) is 0 Å². The molecule has 2 nitrogen and oxygen atoms in total. The van der Waals surface area contributed by atoms with E-state index in [0.29, 0.717) is 12.0 Å². The van der Waals surface area contributed by atoms with Crippen molar-refractivity contribution in [2.75, 3.05) is 6.54 Å². The molecule has 0 spiro atoms. The third-order valence-electron chi connectivity index (χ3n) is 4.20. The first kappa shape index (κ1) is 10.4. The highest BCUT2D eigenvalue weighted by Gasteiger charge is 2.46. The molecular weight excluding hydrogens is 174 g/mol. The smallest absolute Gasteiger partial charge is 0.0800 e. The zero-order valence-electron chi connectivity index (χ0n) is 9.42. The molecule has 1 heterocycles. The molecule has 3 unspecified atom stereocenters. The molecule has 1 aliphatic carbocycles. The molecule has 0 aromatic rings. The fraction of sp³-hybridized carbons (Fsp3) is 1.00. The van der Waals surface area contributed by atoms with Crippen LogP contribution in [-0.4, -0.2) is 23.3 Å². The molecule has 1 saturated heterocycles. The SMILES string of the molecule is CCC1CCNC(C(C)(O)C2CC2)C1. The Hall–Kier alpha value is -0.0800. The summed E-state index contributed by atoms with van der Waals surface area (Å²) in [6, 6.07) is 0.341. The highest BCUT2D eigenvalue weighted by atomic mass is 16.3. The van der Waals surface area contributed by atoms with Crippen LogP contribution in [0.15, 0.2) is 0 Å². The number of hydrogen-bond acceptors (Lipinski definition) is 2. The number of hydrogen-bond donors (Lipinski definition) is 2. The van der Waals surface area contributed by atoms with E-state index in [4.69, 9.17) is 0 Å². The van der Waals surface area contributed by atoms with Crippen molar-refractivity contribution in [3.05, 3.63) is 0 Å². The van der Waals surface area contributed by atoms with Gasteiger partial charge in [-0.3, -0.25) is 0 Å². The topological polar surface area (TPSA) is 32.3 Å². The van der Waals surface area contributed by atoms with Crippen molar-refractivity contribution in [2.45, 2.75) is 57.6 Å². The van der Waals surface area contributed by atoms with Gasteiger partial charge in [0, 0.05) is 6.04 Å². The Morgan fingerprint density at radius 2 is 2.07 bits per heavy atom. The quantitative estimate of drug-likeness (QED) is 0.724. The van der Waals surface area contributed by atoms with Crippen molar-refractivity contribution < 1.29 is 5.11 Å². The molecule has 1 saturated carbocycles. The molecule has 2 rings (SSSR count). The highest BCUT2D eigenvalue weighted by Crippen LogP contribution is 2.43. The summed E-state index contributed by atoms with van der Waals surface area (Å²) in [7, 11) is 0. The fourth-order valence-electron chi connectivity index (χ4n) is 2.76. The van der Waals surface area contributed by atoms with E-state index in [1.807, 2.05) is 6.92 Å². The maximum atomic E-state index is 10.4. The second-order valence-electron chi connectivity index (χ2n) is 5.31. The van der Waals surface area contributed by atoms with Gasteiger partial charge in [-0.25, -0.2) is 0 Å². The summed E-state index contributed by atoms with van der Waals surface area (Å²) in [6.07, 6.45) is 6.16. The van der Waals surface area contributed by atoms with Crippen molar-refractivity contribution in [3.8, 4) is 0 Å². The molecule has 82 valence electrons. The monoisotopic (exact) mass is 197 g/mol. The normalized spacial score (nSPS) is 37.9. The van der Waals surface area contributed by atoms with Gasteiger partial charge in [0.15, 0.2) is 0 Å². The average Bonchev–Trinajstić information content (AvgIpc) is 3.01. The molecule has 2 heteroatoms. The molecule has 0 bridgehead atoms. The first-order chi connectivity index (χ1) is 6.64. The second-order valence-corrected chi connectivity index (χ2v) is 5.31. The average molecular weight is 197 g/mol. The molecule has 0 amide bonds. The molecule has 14 heavy (non-hydrogen) atoms. The van der Waals surface area contributed by atoms with Crippen LogP contribution in [0.2, 0.25) is 0 Å². The number of nitrogens with one attached hydrogen (secondary N) is 1. The minimum Gasteiger partial charge on any atom is -0.388 e. The second kappa shape index (κ2) is 3.82. The van der Waals surface area contributed by atoms with Gasteiger partial charge >= 0.3 is 0 Å². The van der Waals surface area contributed by atoms with E-state index in [1.54, 1.807) is 0 Å². The molecule has 2 aliphatic rings. The summed E-state index contributed by atoms with van der Waals surface area (Å²) in [5.41, 5.74) is -0.451. The minimum absolute atomic E-state index is 0.341. The minimum atomic E-state index is -0.451. The van der Waals surface area contributed by atoms with Gasteiger partial charge in [-0.2, -0.15) is 0 Å². The van der Waals surface area contributed by atoms with E-state index in [-0.39, 0.29) is 0 Å². The zero-order valence-corrected chi connectivity index (χ0v) is 9.42. The van der Waals surface area contributed by atoms with Gasteiger partial charge in [-0.05, 0) is 51.0 Å². The lowest BCUT2D eigenvalue weighted by molar-refractivity contribution is -0.0179. The van der Waals surface area contributed by atoms with Crippen LogP contribution in [0.3, 0.4) is 0 Å². The van der Waals surface area contributed by atoms with E-state index in [1.165, 1.54) is 32.1 Å². The Morgan fingerprint density at radius 3 is 2.64 bits per heavy atom. The van der Waals surface area contributed by atoms with Crippen LogP contribution in [-0.2, 0) is 0 Å². The molecule has 2 fully saturated rings. The van der Waals surface area contributed by atoms with Crippen LogP contribution in [0, 0.1) is 11.8 Å². The lowest BCUT2D eigenvalue weighted by atomic mass is 9.80. The van der Waals surface area contributed by atoms with Gasteiger partial charge in [-0.15, -0.1) is 0 Å². The van der Waals surface area contributed by atoms with Gasteiger partial charge in [0.25, 0.3) is 0 Å². The van der Waals surface area contributed by atoms with Crippen LogP contribution in [0.1, 0.15) is 46.0 Å². The van der Waals surface area contributed by atoms with Crippen molar-refractivity contribution in [1.29, 1.82) is 0 Å². The third-order valence-corrected chi connectivity index (χ3v) is 4.20. The van der Waals surface area contributed by atoms with E-state index in [9.17, 15) is 5.11 Å². The van der Waals surface area contributed by atoms with Crippen molar-refractivity contribution >= 4 is 0 Å². The summed E-state index contributed by atoms with van der Waals surface area (Å²) in [6.45, 7) is 5.38. The molecule has 0 radical (unpaired) electrons. The van der Waals surface area contributed by atoms with E-state index in [0.717, 1.165) is 12.5 Å². The van der Waals surface area contributed by atoms with Crippen LogP contribution in [0.25, 0.3) is 0 Å². The summed E-state index contributed by atoms with van der Waals surface area (Å²) < 4.78 is 0.